The third kappa shape index (κ3) is 1.56. The number of aromatic amines is 1. The minimum atomic E-state index is -0.266. The van der Waals surface area contributed by atoms with Gasteiger partial charge >= 0.3 is 0 Å². The van der Waals surface area contributed by atoms with Crippen molar-refractivity contribution >= 4 is 39.0 Å². The molecule has 0 amide bonds. The van der Waals surface area contributed by atoms with Crippen molar-refractivity contribution in [1.82, 2.24) is 9.97 Å². The number of pyridine rings is 2. The maximum Gasteiger partial charge on any atom is 0.258 e. The standard InChI is InChI=1S/C13H9N3OS/c14-12(18)9-6-8-7-2-1-5-15-10(7)3-4-11(8)16-13(9)17/h1-6H,(H2,14,18)(H,16,17). The maximum absolute atomic E-state index is 11.8. The number of nitrogens with one attached hydrogen (secondary N) is 1. The molecule has 2 heterocycles. The fourth-order valence-electron chi connectivity index (χ4n) is 2.02. The molecule has 1 aromatic carbocycles. The zero-order valence-corrected chi connectivity index (χ0v) is 10.1. The van der Waals surface area contributed by atoms with Crippen LogP contribution in [0.1, 0.15) is 5.56 Å². The lowest BCUT2D eigenvalue weighted by Crippen LogP contribution is -2.22. The van der Waals surface area contributed by atoms with E-state index in [4.69, 9.17) is 18.0 Å². The third-order valence-corrected chi connectivity index (χ3v) is 3.09. The Morgan fingerprint density at radius 1 is 1.28 bits per heavy atom. The first-order valence-corrected chi connectivity index (χ1v) is 5.78. The Hall–Kier alpha value is -2.27. The number of thiocarbonyl (C=S) groups is 1. The lowest BCUT2D eigenvalue weighted by atomic mass is 10.1. The zero-order chi connectivity index (χ0) is 12.7. The van der Waals surface area contributed by atoms with Gasteiger partial charge in [0.1, 0.15) is 4.99 Å². The summed E-state index contributed by atoms with van der Waals surface area (Å²) in [6.45, 7) is 0. The summed E-state index contributed by atoms with van der Waals surface area (Å²) in [7, 11) is 0. The van der Waals surface area contributed by atoms with Gasteiger partial charge in [-0.15, -0.1) is 0 Å². The van der Waals surface area contributed by atoms with Crippen molar-refractivity contribution in [2.45, 2.75) is 0 Å². The highest BCUT2D eigenvalue weighted by molar-refractivity contribution is 7.80. The number of rotatable bonds is 1. The molecule has 0 unspecified atom stereocenters. The van der Waals surface area contributed by atoms with Crippen molar-refractivity contribution < 1.29 is 0 Å². The van der Waals surface area contributed by atoms with Gasteiger partial charge in [-0.25, -0.2) is 0 Å². The molecule has 5 heteroatoms. The molecule has 4 nitrogen and oxygen atoms in total. The van der Waals surface area contributed by atoms with Crippen LogP contribution in [0.4, 0.5) is 0 Å². The molecule has 0 fully saturated rings. The van der Waals surface area contributed by atoms with Crippen LogP contribution in [-0.4, -0.2) is 15.0 Å². The van der Waals surface area contributed by atoms with Crippen molar-refractivity contribution in [2.75, 3.05) is 0 Å². The van der Waals surface area contributed by atoms with Crippen LogP contribution in [-0.2, 0) is 0 Å². The maximum atomic E-state index is 11.8. The number of H-pyrrole nitrogens is 1. The van der Waals surface area contributed by atoms with Crippen molar-refractivity contribution in [3.05, 3.63) is 52.4 Å². The van der Waals surface area contributed by atoms with Gasteiger partial charge in [0.25, 0.3) is 5.56 Å². The van der Waals surface area contributed by atoms with E-state index in [2.05, 4.69) is 9.97 Å². The molecule has 3 N–H and O–H groups in total. The Morgan fingerprint density at radius 2 is 2.11 bits per heavy atom. The average molecular weight is 255 g/mol. The van der Waals surface area contributed by atoms with Gasteiger partial charge in [0.05, 0.1) is 11.1 Å². The van der Waals surface area contributed by atoms with E-state index in [0.29, 0.717) is 5.56 Å². The number of hydrogen-bond donors (Lipinski definition) is 2. The summed E-state index contributed by atoms with van der Waals surface area (Å²) in [6.07, 6.45) is 1.73. The normalized spacial score (nSPS) is 10.9. The monoisotopic (exact) mass is 255 g/mol. The van der Waals surface area contributed by atoms with Crippen LogP contribution in [0.5, 0.6) is 0 Å². The van der Waals surface area contributed by atoms with Crippen molar-refractivity contribution in [3.63, 3.8) is 0 Å². The summed E-state index contributed by atoms with van der Waals surface area (Å²) in [5.41, 5.74) is 7.22. The molecular formula is C13H9N3OS. The minimum absolute atomic E-state index is 0.0963. The smallest absolute Gasteiger partial charge is 0.258 e. The van der Waals surface area contributed by atoms with Crippen molar-refractivity contribution in [1.29, 1.82) is 0 Å². The molecule has 0 saturated carbocycles. The van der Waals surface area contributed by atoms with Crippen LogP contribution in [0.3, 0.4) is 0 Å². The second-order valence-electron chi connectivity index (χ2n) is 3.97. The highest BCUT2D eigenvalue weighted by atomic mass is 32.1. The molecule has 0 atom stereocenters. The SMILES string of the molecule is NC(=S)c1cc2c(ccc3ncccc32)[nH]c1=O. The Kier molecular flexibility index (Phi) is 2.34. The average Bonchev–Trinajstić information content (AvgIpc) is 2.37. The van der Waals surface area contributed by atoms with Crippen LogP contribution in [0.15, 0.2) is 41.3 Å². The van der Waals surface area contributed by atoms with E-state index >= 15 is 0 Å². The summed E-state index contributed by atoms with van der Waals surface area (Å²) in [4.78, 5) is 18.9. The zero-order valence-electron chi connectivity index (χ0n) is 9.31. The van der Waals surface area contributed by atoms with E-state index in [0.717, 1.165) is 21.8 Å². The number of nitrogens with zero attached hydrogens (tertiary/aromatic N) is 1. The molecule has 18 heavy (non-hydrogen) atoms. The Bertz CT molecular complexity index is 838. The molecule has 3 rings (SSSR count). The Morgan fingerprint density at radius 3 is 2.89 bits per heavy atom. The lowest BCUT2D eigenvalue weighted by molar-refractivity contribution is 1.29. The molecule has 0 aliphatic heterocycles. The molecule has 0 bridgehead atoms. The summed E-state index contributed by atoms with van der Waals surface area (Å²) >= 11 is 4.88. The molecule has 0 spiro atoms. The number of fused-ring (bicyclic) bond motifs is 3. The van der Waals surface area contributed by atoms with Crippen LogP contribution in [0.2, 0.25) is 0 Å². The second-order valence-corrected chi connectivity index (χ2v) is 4.41. The molecular weight excluding hydrogens is 246 g/mol. The van der Waals surface area contributed by atoms with E-state index < -0.39 is 0 Å². The van der Waals surface area contributed by atoms with Crippen LogP contribution in [0.25, 0.3) is 21.8 Å². The predicted molar refractivity (Wildman–Crippen MR) is 75.8 cm³/mol. The number of benzene rings is 1. The van der Waals surface area contributed by atoms with Gasteiger partial charge in [-0.3, -0.25) is 9.78 Å². The quantitative estimate of drug-likeness (QED) is 0.513. The fourth-order valence-corrected chi connectivity index (χ4v) is 2.17. The summed E-state index contributed by atoms with van der Waals surface area (Å²) < 4.78 is 0. The molecule has 0 aliphatic rings. The molecule has 0 aliphatic carbocycles. The second kappa shape index (κ2) is 3.89. The van der Waals surface area contributed by atoms with E-state index in [1.54, 1.807) is 12.3 Å². The molecule has 2 aromatic heterocycles. The molecule has 0 saturated heterocycles. The van der Waals surface area contributed by atoms with Crippen molar-refractivity contribution in [3.8, 4) is 0 Å². The van der Waals surface area contributed by atoms with Gasteiger partial charge in [-0.05, 0) is 24.3 Å². The predicted octanol–water partition coefficient (Wildman–Crippen LogP) is 1.71. The number of aromatic nitrogens is 2. The topological polar surface area (TPSA) is 71.8 Å². The van der Waals surface area contributed by atoms with Gasteiger partial charge in [0, 0.05) is 22.5 Å². The van der Waals surface area contributed by atoms with Gasteiger partial charge in [0.2, 0.25) is 0 Å². The first-order valence-electron chi connectivity index (χ1n) is 5.37. The largest absolute Gasteiger partial charge is 0.389 e. The van der Waals surface area contributed by atoms with E-state index in [1.165, 1.54) is 0 Å². The molecule has 88 valence electrons. The van der Waals surface area contributed by atoms with Gasteiger partial charge < -0.3 is 10.7 Å². The Balaban J connectivity index is 2.53. The Labute approximate surface area is 107 Å². The van der Waals surface area contributed by atoms with Crippen LogP contribution in [0, 0.1) is 0 Å². The highest BCUT2D eigenvalue weighted by Crippen LogP contribution is 2.22. The first kappa shape index (κ1) is 10.9. The fraction of sp³-hybridized carbons (Fsp3) is 0. The summed E-state index contributed by atoms with van der Waals surface area (Å²) in [6, 6.07) is 9.23. The van der Waals surface area contributed by atoms with Gasteiger partial charge in [0.15, 0.2) is 0 Å². The molecule has 0 radical (unpaired) electrons. The molecule has 3 aromatic rings. The van der Waals surface area contributed by atoms with Crippen LogP contribution < -0.4 is 11.3 Å². The summed E-state index contributed by atoms with van der Waals surface area (Å²) in [5, 5.41) is 1.85. The van der Waals surface area contributed by atoms with E-state index in [-0.39, 0.29) is 10.5 Å². The minimum Gasteiger partial charge on any atom is -0.389 e. The summed E-state index contributed by atoms with van der Waals surface area (Å²) in [5.74, 6) is 0. The van der Waals surface area contributed by atoms with Gasteiger partial charge in [-0.1, -0.05) is 18.3 Å². The third-order valence-electron chi connectivity index (χ3n) is 2.87. The van der Waals surface area contributed by atoms with E-state index in [9.17, 15) is 4.79 Å². The number of nitrogens with two attached hydrogens (primary N) is 1. The van der Waals surface area contributed by atoms with Gasteiger partial charge in [-0.2, -0.15) is 0 Å². The highest BCUT2D eigenvalue weighted by Gasteiger charge is 2.07. The lowest BCUT2D eigenvalue weighted by Gasteiger charge is -2.05. The first-order chi connectivity index (χ1) is 8.66. The van der Waals surface area contributed by atoms with Crippen molar-refractivity contribution in [2.24, 2.45) is 5.73 Å². The van der Waals surface area contributed by atoms with Crippen LogP contribution >= 0.6 is 12.2 Å². The van der Waals surface area contributed by atoms with E-state index in [1.807, 2.05) is 24.3 Å². The number of hydrogen-bond acceptors (Lipinski definition) is 3.